The van der Waals surface area contributed by atoms with Gasteiger partial charge >= 0.3 is 0 Å². The highest BCUT2D eigenvalue weighted by atomic mass is 35.5. The molecule has 0 saturated carbocycles. The van der Waals surface area contributed by atoms with Gasteiger partial charge < -0.3 is 14.5 Å². The second-order valence-electron chi connectivity index (χ2n) is 6.20. The number of aryl methyl sites for hydroxylation is 1. The molecular weight excluding hydrogens is 336 g/mol. The molecule has 0 aromatic heterocycles. The molecule has 0 atom stereocenters. The maximum Gasteiger partial charge on any atom is 0.223 e. The summed E-state index contributed by atoms with van der Waals surface area (Å²) in [6.45, 7) is 3.18. The fraction of sp³-hybridized carbons (Fsp3) is 0.350. The monoisotopic (exact) mass is 358 g/mol. The van der Waals surface area contributed by atoms with Crippen molar-refractivity contribution in [3.8, 4) is 5.75 Å². The Kier molecular flexibility index (Phi) is 5.82. The van der Waals surface area contributed by atoms with Gasteiger partial charge in [-0.15, -0.1) is 0 Å². The van der Waals surface area contributed by atoms with Crippen molar-refractivity contribution >= 4 is 23.2 Å². The zero-order valence-electron chi connectivity index (χ0n) is 14.5. The summed E-state index contributed by atoms with van der Waals surface area (Å²) in [5.74, 6) is 1.05. The van der Waals surface area contributed by atoms with Gasteiger partial charge in [-0.05, 0) is 42.3 Å². The van der Waals surface area contributed by atoms with Crippen molar-refractivity contribution in [1.82, 2.24) is 4.90 Å². The van der Waals surface area contributed by atoms with E-state index in [4.69, 9.17) is 16.3 Å². The van der Waals surface area contributed by atoms with Crippen molar-refractivity contribution in [3.05, 3.63) is 59.1 Å². The molecule has 4 nitrogen and oxygen atoms in total. The van der Waals surface area contributed by atoms with E-state index in [9.17, 15) is 4.79 Å². The summed E-state index contributed by atoms with van der Waals surface area (Å²) < 4.78 is 5.23. The first-order valence-corrected chi connectivity index (χ1v) is 8.95. The molecule has 0 radical (unpaired) electrons. The molecule has 2 aromatic rings. The fourth-order valence-corrected chi connectivity index (χ4v) is 3.31. The quantitative estimate of drug-likeness (QED) is 0.818. The SMILES string of the molecule is COc1cccc(CCC(=O)N2CCN(c3cccc(Cl)c3)CC2)c1. The van der Waals surface area contributed by atoms with Crippen molar-refractivity contribution in [2.24, 2.45) is 0 Å². The topological polar surface area (TPSA) is 32.8 Å². The molecule has 0 spiro atoms. The Morgan fingerprint density at radius 3 is 2.56 bits per heavy atom. The summed E-state index contributed by atoms with van der Waals surface area (Å²) in [6.07, 6.45) is 1.27. The zero-order chi connectivity index (χ0) is 17.6. The van der Waals surface area contributed by atoms with Crippen LogP contribution in [0.5, 0.6) is 5.75 Å². The average Bonchev–Trinajstić information content (AvgIpc) is 2.66. The fourth-order valence-electron chi connectivity index (χ4n) is 3.12. The number of benzene rings is 2. The minimum absolute atomic E-state index is 0.216. The number of rotatable bonds is 5. The Balaban J connectivity index is 1.49. The molecule has 3 rings (SSSR count). The normalized spacial score (nSPS) is 14.5. The molecule has 1 fully saturated rings. The molecule has 5 heteroatoms. The van der Waals surface area contributed by atoms with Gasteiger partial charge in [0.25, 0.3) is 0 Å². The van der Waals surface area contributed by atoms with Crippen LogP contribution in [0.3, 0.4) is 0 Å². The highest BCUT2D eigenvalue weighted by Crippen LogP contribution is 2.21. The molecule has 0 unspecified atom stereocenters. The van der Waals surface area contributed by atoms with Crippen molar-refractivity contribution in [2.75, 3.05) is 38.2 Å². The Morgan fingerprint density at radius 1 is 1.08 bits per heavy atom. The lowest BCUT2D eigenvalue weighted by Gasteiger charge is -2.36. The maximum absolute atomic E-state index is 12.5. The third-order valence-electron chi connectivity index (χ3n) is 4.57. The van der Waals surface area contributed by atoms with E-state index in [1.807, 2.05) is 47.4 Å². The molecule has 1 aliphatic heterocycles. The van der Waals surface area contributed by atoms with E-state index in [2.05, 4.69) is 11.0 Å². The summed E-state index contributed by atoms with van der Waals surface area (Å²) in [6, 6.07) is 15.8. The van der Waals surface area contributed by atoms with Crippen LogP contribution in [0.2, 0.25) is 5.02 Å². The third kappa shape index (κ3) is 4.67. The van der Waals surface area contributed by atoms with E-state index in [1.54, 1.807) is 7.11 Å². The number of anilines is 1. The van der Waals surface area contributed by atoms with E-state index in [-0.39, 0.29) is 5.91 Å². The molecule has 1 heterocycles. The van der Waals surface area contributed by atoms with Gasteiger partial charge in [-0.3, -0.25) is 4.79 Å². The van der Waals surface area contributed by atoms with Crippen molar-refractivity contribution in [1.29, 1.82) is 0 Å². The van der Waals surface area contributed by atoms with Crippen LogP contribution in [0.25, 0.3) is 0 Å². The lowest BCUT2D eigenvalue weighted by atomic mass is 10.1. The molecule has 1 aliphatic rings. The van der Waals surface area contributed by atoms with Crippen LogP contribution < -0.4 is 9.64 Å². The van der Waals surface area contributed by atoms with E-state index in [0.717, 1.165) is 54.6 Å². The Morgan fingerprint density at radius 2 is 1.84 bits per heavy atom. The minimum atomic E-state index is 0.216. The van der Waals surface area contributed by atoms with Crippen LogP contribution >= 0.6 is 11.6 Å². The lowest BCUT2D eigenvalue weighted by molar-refractivity contribution is -0.131. The second kappa shape index (κ2) is 8.26. The average molecular weight is 359 g/mol. The van der Waals surface area contributed by atoms with Crippen LogP contribution in [0, 0.1) is 0 Å². The van der Waals surface area contributed by atoms with Gasteiger partial charge in [-0.1, -0.05) is 29.8 Å². The Bertz CT molecular complexity index is 727. The zero-order valence-corrected chi connectivity index (χ0v) is 15.2. The molecule has 0 N–H and O–H groups in total. The number of carbonyl (C=O) groups is 1. The number of methoxy groups -OCH3 is 1. The smallest absolute Gasteiger partial charge is 0.223 e. The number of piperazine rings is 1. The van der Waals surface area contributed by atoms with Crippen molar-refractivity contribution < 1.29 is 9.53 Å². The highest BCUT2D eigenvalue weighted by Gasteiger charge is 2.21. The predicted octanol–water partition coefficient (Wildman–Crippen LogP) is 3.63. The van der Waals surface area contributed by atoms with Gasteiger partial charge in [0, 0.05) is 43.3 Å². The Labute approximate surface area is 154 Å². The standard InChI is InChI=1S/C20H23ClN2O2/c1-25-19-7-2-4-16(14-19)8-9-20(24)23-12-10-22(11-13-23)18-6-3-5-17(21)15-18/h2-7,14-15H,8-13H2,1H3. The van der Waals surface area contributed by atoms with E-state index in [0.29, 0.717) is 6.42 Å². The van der Waals surface area contributed by atoms with Crippen LogP contribution in [0.1, 0.15) is 12.0 Å². The summed E-state index contributed by atoms with van der Waals surface area (Å²) in [5, 5.41) is 0.745. The van der Waals surface area contributed by atoms with Gasteiger partial charge in [-0.2, -0.15) is 0 Å². The van der Waals surface area contributed by atoms with Gasteiger partial charge in [-0.25, -0.2) is 0 Å². The minimum Gasteiger partial charge on any atom is -0.497 e. The first-order valence-electron chi connectivity index (χ1n) is 8.57. The number of hydrogen-bond acceptors (Lipinski definition) is 3. The van der Waals surface area contributed by atoms with Crippen molar-refractivity contribution in [2.45, 2.75) is 12.8 Å². The van der Waals surface area contributed by atoms with Crippen LogP contribution in [0.4, 0.5) is 5.69 Å². The van der Waals surface area contributed by atoms with Gasteiger partial charge in [0.2, 0.25) is 5.91 Å². The van der Waals surface area contributed by atoms with Crippen LogP contribution in [0.15, 0.2) is 48.5 Å². The third-order valence-corrected chi connectivity index (χ3v) is 4.80. The number of halogens is 1. The predicted molar refractivity (Wildman–Crippen MR) is 102 cm³/mol. The first-order chi connectivity index (χ1) is 12.2. The largest absolute Gasteiger partial charge is 0.497 e. The van der Waals surface area contributed by atoms with Crippen LogP contribution in [-0.4, -0.2) is 44.1 Å². The first kappa shape index (κ1) is 17.6. The van der Waals surface area contributed by atoms with E-state index >= 15 is 0 Å². The number of amides is 1. The van der Waals surface area contributed by atoms with Gasteiger partial charge in [0.05, 0.1) is 7.11 Å². The molecular formula is C20H23ClN2O2. The summed E-state index contributed by atoms with van der Waals surface area (Å²) in [7, 11) is 1.66. The number of carbonyl (C=O) groups excluding carboxylic acids is 1. The second-order valence-corrected chi connectivity index (χ2v) is 6.64. The molecule has 0 bridgehead atoms. The van der Waals surface area contributed by atoms with Gasteiger partial charge in [0.1, 0.15) is 5.75 Å². The lowest BCUT2D eigenvalue weighted by Crippen LogP contribution is -2.48. The van der Waals surface area contributed by atoms with Crippen LogP contribution in [-0.2, 0) is 11.2 Å². The van der Waals surface area contributed by atoms with E-state index in [1.165, 1.54) is 0 Å². The highest BCUT2D eigenvalue weighted by molar-refractivity contribution is 6.30. The molecule has 25 heavy (non-hydrogen) atoms. The number of ether oxygens (including phenoxy) is 1. The summed E-state index contributed by atoms with van der Waals surface area (Å²) in [5.41, 5.74) is 2.25. The summed E-state index contributed by atoms with van der Waals surface area (Å²) in [4.78, 5) is 16.7. The van der Waals surface area contributed by atoms with Crippen molar-refractivity contribution in [3.63, 3.8) is 0 Å². The van der Waals surface area contributed by atoms with E-state index < -0.39 is 0 Å². The molecule has 1 saturated heterocycles. The van der Waals surface area contributed by atoms with Gasteiger partial charge in [0.15, 0.2) is 0 Å². The molecule has 2 aromatic carbocycles. The molecule has 132 valence electrons. The number of nitrogens with zero attached hydrogens (tertiary/aromatic N) is 2. The molecule has 0 aliphatic carbocycles. The maximum atomic E-state index is 12.5. The molecule has 1 amide bonds. The Hall–Kier alpha value is -2.20. The summed E-state index contributed by atoms with van der Waals surface area (Å²) >= 11 is 6.06. The number of hydrogen-bond donors (Lipinski definition) is 0.